The van der Waals surface area contributed by atoms with Crippen LogP contribution in [0.5, 0.6) is 0 Å². The van der Waals surface area contributed by atoms with E-state index in [1.165, 1.54) is 0 Å². The summed E-state index contributed by atoms with van der Waals surface area (Å²) in [5, 5.41) is 3.89. The van der Waals surface area contributed by atoms with E-state index in [2.05, 4.69) is 42.6 Å². The van der Waals surface area contributed by atoms with Crippen LogP contribution in [0.15, 0.2) is 16.6 Å². The summed E-state index contributed by atoms with van der Waals surface area (Å²) < 4.78 is 0.284. The topological polar surface area (TPSA) is 27.6 Å². The average molecular weight is 404 g/mol. The molecule has 106 valence electrons. The van der Waals surface area contributed by atoms with Crippen molar-refractivity contribution >= 4 is 53.3 Å². The third-order valence-electron chi connectivity index (χ3n) is 2.46. The number of hydrogen-bond donors (Lipinski definition) is 1. The van der Waals surface area contributed by atoms with Crippen molar-refractivity contribution in [3.63, 3.8) is 0 Å². The molecule has 18 heavy (non-hydrogen) atoms. The number of guanidine groups is 1. The van der Waals surface area contributed by atoms with Gasteiger partial charge in [-0.05, 0) is 20.8 Å². The van der Waals surface area contributed by atoms with E-state index in [-0.39, 0.29) is 28.7 Å². The highest BCUT2D eigenvalue weighted by molar-refractivity contribution is 14.0. The lowest BCUT2D eigenvalue weighted by molar-refractivity contribution is 0.376. The molecule has 0 amide bonds. The van der Waals surface area contributed by atoms with Crippen LogP contribution in [0.1, 0.15) is 20.8 Å². The first-order valence-electron chi connectivity index (χ1n) is 5.95. The van der Waals surface area contributed by atoms with Crippen LogP contribution in [0.2, 0.25) is 0 Å². The highest BCUT2D eigenvalue weighted by atomic mass is 127. The molecule has 0 saturated carbocycles. The fraction of sp³-hybridized carbons (Fsp3) is 0.750. The lowest BCUT2D eigenvalue weighted by Crippen LogP contribution is -2.51. The molecule has 1 aliphatic rings. The van der Waals surface area contributed by atoms with E-state index in [9.17, 15) is 0 Å². The van der Waals surface area contributed by atoms with Gasteiger partial charge in [-0.1, -0.05) is 18.2 Å². The molecule has 0 aromatic rings. The lowest BCUT2D eigenvalue weighted by atomic mass is 10.2. The van der Waals surface area contributed by atoms with Gasteiger partial charge in [0.1, 0.15) is 0 Å². The SMILES string of the molecule is C=C(Cl)CN=C(NCC)N1CCSC(C)(C)C1.I. The second kappa shape index (κ2) is 8.53. The van der Waals surface area contributed by atoms with E-state index in [4.69, 9.17) is 11.6 Å². The minimum Gasteiger partial charge on any atom is -0.357 e. The Balaban J connectivity index is 0.00000289. The molecule has 1 heterocycles. The first kappa shape index (κ1) is 18.4. The quantitative estimate of drug-likeness (QED) is 0.446. The zero-order valence-corrected chi connectivity index (χ0v) is 15.2. The summed E-state index contributed by atoms with van der Waals surface area (Å²) >= 11 is 7.78. The minimum atomic E-state index is 0. The summed E-state index contributed by atoms with van der Waals surface area (Å²) in [4.78, 5) is 6.80. The lowest BCUT2D eigenvalue weighted by Gasteiger charge is -2.39. The minimum absolute atomic E-state index is 0. The molecule has 0 spiro atoms. The summed E-state index contributed by atoms with van der Waals surface area (Å²) in [6.45, 7) is 13.7. The van der Waals surface area contributed by atoms with Gasteiger partial charge < -0.3 is 10.2 Å². The molecule has 0 atom stereocenters. The molecule has 3 nitrogen and oxygen atoms in total. The van der Waals surface area contributed by atoms with Gasteiger partial charge in [-0.15, -0.1) is 24.0 Å². The Kier molecular flexibility index (Phi) is 8.71. The maximum Gasteiger partial charge on any atom is 0.194 e. The van der Waals surface area contributed by atoms with Gasteiger partial charge >= 0.3 is 0 Å². The van der Waals surface area contributed by atoms with Crippen molar-refractivity contribution in [3.05, 3.63) is 11.6 Å². The van der Waals surface area contributed by atoms with Crippen LogP contribution in [-0.4, -0.2) is 47.5 Å². The van der Waals surface area contributed by atoms with Crippen molar-refractivity contribution < 1.29 is 0 Å². The summed E-state index contributed by atoms with van der Waals surface area (Å²) in [6, 6.07) is 0. The molecule has 0 bridgehead atoms. The third kappa shape index (κ3) is 6.52. The Labute approximate surface area is 137 Å². The van der Waals surface area contributed by atoms with Crippen molar-refractivity contribution in [2.45, 2.75) is 25.5 Å². The van der Waals surface area contributed by atoms with Crippen LogP contribution in [0.4, 0.5) is 0 Å². The molecule has 0 aromatic heterocycles. The molecule has 1 saturated heterocycles. The van der Waals surface area contributed by atoms with Crippen molar-refractivity contribution in [1.82, 2.24) is 10.2 Å². The Morgan fingerprint density at radius 2 is 2.22 bits per heavy atom. The van der Waals surface area contributed by atoms with Gasteiger partial charge in [0.2, 0.25) is 0 Å². The smallest absolute Gasteiger partial charge is 0.194 e. The Morgan fingerprint density at radius 3 is 2.72 bits per heavy atom. The molecular formula is C12H23ClIN3S. The van der Waals surface area contributed by atoms with E-state index < -0.39 is 0 Å². The fourth-order valence-corrected chi connectivity index (χ4v) is 2.95. The monoisotopic (exact) mass is 403 g/mol. The number of nitrogens with one attached hydrogen (secondary N) is 1. The zero-order valence-electron chi connectivity index (χ0n) is 11.3. The molecule has 1 aliphatic heterocycles. The number of halogens is 2. The van der Waals surface area contributed by atoms with E-state index in [1.807, 2.05) is 11.8 Å². The normalized spacial score (nSPS) is 19.1. The van der Waals surface area contributed by atoms with Gasteiger partial charge in [0.15, 0.2) is 5.96 Å². The first-order valence-corrected chi connectivity index (χ1v) is 7.31. The van der Waals surface area contributed by atoms with Gasteiger partial charge in [-0.3, -0.25) is 0 Å². The van der Waals surface area contributed by atoms with Crippen molar-refractivity contribution in [1.29, 1.82) is 0 Å². The summed E-state index contributed by atoms with van der Waals surface area (Å²) in [7, 11) is 0. The van der Waals surface area contributed by atoms with Gasteiger partial charge in [0.05, 0.1) is 6.54 Å². The van der Waals surface area contributed by atoms with Crippen molar-refractivity contribution in [2.75, 3.05) is 31.9 Å². The molecule has 1 fully saturated rings. The predicted octanol–water partition coefficient (Wildman–Crippen LogP) is 3.15. The van der Waals surface area contributed by atoms with E-state index in [1.54, 1.807) is 0 Å². The number of aliphatic imine (C=N–C) groups is 1. The van der Waals surface area contributed by atoms with Gasteiger partial charge in [-0.25, -0.2) is 4.99 Å². The number of nitrogens with zero attached hydrogens (tertiary/aromatic N) is 2. The number of rotatable bonds is 3. The van der Waals surface area contributed by atoms with Crippen LogP contribution >= 0.6 is 47.3 Å². The maximum atomic E-state index is 5.77. The van der Waals surface area contributed by atoms with E-state index in [0.717, 1.165) is 31.3 Å². The Morgan fingerprint density at radius 1 is 1.56 bits per heavy atom. The molecule has 0 aliphatic carbocycles. The van der Waals surface area contributed by atoms with Gasteiger partial charge in [-0.2, -0.15) is 11.8 Å². The third-order valence-corrected chi connectivity index (χ3v) is 3.88. The molecule has 1 rings (SSSR count). The van der Waals surface area contributed by atoms with Crippen LogP contribution < -0.4 is 5.32 Å². The average Bonchev–Trinajstić information content (AvgIpc) is 2.22. The molecule has 6 heteroatoms. The maximum absolute atomic E-state index is 5.77. The van der Waals surface area contributed by atoms with Crippen molar-refractivity contribution in [2.24, 2.45) is 4.99 Å². The summed E-state index contributed by atoms with van der Waals surface area (Å²) in [6.07, 6.45) is 0. The highest BCUT2D eigenvalue weighted by Gasteiger charge is 2.28. The molecule has 0 radical (unpaired) electrons. The summed E-state index contributed by atoms with van der Waals surface area (Å²) in [5.74, 6) is 2.09. The second-order valence-corrected chi connectivity index (χ2v) is 7.05. The second-order valence-electron chi connectivity index (χ2n) is 4.72. The largest absolute Gasteiger partial charge is 0.357 e. The van der Waals surface area contributed by atoms with Crippen molar-refractivity contribution in [3.8, 4) is 0 Å². The zero-order chi connectivity index (χ0) is 12.9. The van der Waals surface area contributed by atoms with Crippen LogP contribution in [0, 0.1) is 0 Å². The molecule has 0 aromatic carbocycles. The molecular weight excluding hydrogens is 381 g/mol. The predicted molar refractivity (Wildman–Crippen MR) is 94.5 cm³/mol. The van der Waals surface area contributed by atoms with E-state index in [0.29, 0.717) is 11.6 Å². The Bertz CT molecular complexity index is 308. The number of thioether (sulfide) groups is 1. The standard InChI is InChI=1S/C12H22ClN3S.HI/c1-5-14-11(15-8-10(2)13)16-6-7-17-12(3,4)9-16;/h2,5-9H2,1,3-4H3,(H,14,15);1H. The van der Waals surface area contributed by atoms with Crippen LogP contribution in [-0.2, 0) is 0 Å². The van der Waals surface area contributed by atoms with Crippen LogP contribution in [0.25, 0.3) is 0 Å². The van der Waals surface area contributed by atoms with E-state index >= 15 is 0 Å². The molecule has 0 unspecified atom stereocenters. The summed E-state index contributed by atoms with van der Waals surface area (Å²) in [5.41, 5.74) is 0. The van der Waals surface area contributed by atoms with Crippen LogP contribution in [0.3, 0.4) is 0 Å². The molecule has 1 N–H and O–H groups in total. The van der Waals surface area contributed by atoms with Gasteiger partial charge in [0.25, 0.3) is 0 Å². The highest BCUT2D eigenvalue weighted by Crippen LogP contribution is 2.29. The first-order chi connectivity index (χ1) is 7.94. The van der Waals surface area contributed by atoms with Gasteiger partial charge in [0, 0.05) is 35.2 Å². The number of hydrogen-bond acceptors (Lipinski definition) is 2. The fourth-order valence-electron chi connectivity index (χ4n) is 1.78. The Hall–Kier alpha value is 0.380.